The molecule has 25 heavy (non-hydrogen) atoms. The number of carbonyl (C=O) groups excluding carboxylic acids is 1. The van der Waals surface area contributed by atoms with Crippen LogP contribution < -0.4 is 5.32 Å². The lowest BCUT2D eigenvalue weighted by molar-refractivity contribution is -0.133. The summed E-state index contributed by atoms with van der Waals surface area (Å²) in [6.45, 7) is 8.95. The van der Waals surface area contributed by atoms with Crippen LogP contribution in [0.3, 0.4) is 0 Å². The fraction of sp³-hybridized carbons (Fsp3) is 0.765. The summed E-state index contributed by atoms with van der Waals surface area (Å²) in [6, 6.07) is 0. The number of hydrogen-bond donors (Lipinski definition) is 1. The zero-order valence-corrected chi connectivity index (χ0v) is 17.4. The Balaban J connectivity index is 0.00000156. The van der Waals surface area contributed by atoms with Gasteiger partial charge in [0.15, 0.2) is 0 Å². The molecule has 0 aliphatic carbocycles. The van der Waals surface area contributed by atoms with E-state index in [1.807, 2.05) is 0 Å². The smallest absolute Gasteiger partial charge is 0.222 e. The predicted octanol–water partition coefficient (Wildman–Crippen LogP) is 2.58. The van der Waals surface area contributed by atoms with E-state index < -0.39 is 0 Å². The quantitative estimate of drug-likeness (QED) is 0.785. The summed E-state index contributed by atoms with van der Waals surface area (Å²) in [7, 11) is 0. The minimum atomic E-state index is 0. The molecule has 1 amide bonds. The molecule has 3 rings (SSSR count). The van der Waals surface area contributed by atoms with Crippen molar-refractivity contribution in [2.75, 3.05) is 39.3 Å². The molecular formula is C17H30Cl2N4OS. The molecule has 0 aromatic carbocycles. The van der Waals surface area contributed by atoms with Crippen LogP contribution in [0, 0.1) is 5.92 Å². The minimum absolute atomic E-state index is 0. The summed E-state index contributed by atoms with van der Waals surface area (Å²) < 4.78 is 0. The minimum Gasteiger partial charge on any atom is -0.340 e. The fourth-order valence-corrected chi connectivity index (χ4v) is 4.15. The van der Waals surface area contributed by atoms with Crippen LogP contribution in [0.2, 0.25) is 0 Å². The van der Waals surface area contributed by atoms with Gasteiger partial charge in [-0.1, -0.05) is 6.92 Å². The van der Waals surface area contributed by atoms with E-state index in [0.29, 0.717) is 11.8 Å². The van der Waals surface area contributed by atoms with E-state index >= 15 is 0 Å². The number of nitrogens with one attached hydrogen (secondary N) is 1. The zero-order valence-electron chi connectivity index (χ0n) is 14.9. The van der Waals surface area contributed by atoms with Crippen molar-refractivity contribution in [1.29, 1.82) is 0 Å². The molecule has 2 saturated heterocycles. The van der Waals surface area contributed by atoms with Crippen molar-refractivity contribution in [3.63, 3.8) is 0 Å². The molecule has 2 aliphatic heterocycles. The van der Waals surface area contributed by atoms with Gasteiger partial charge in [-0.25, -0.2) is 4.98 Å². The van der Waals surface area contributed by atoms with Crippen molar-refractivity contribution >= 4 is 42.1 Å². The molecule has 0 spiro atoms. The van der Waals surface area contributed by atoms with Gasteiger partial charge in [0.25, 0.3) is 0 Å². The molecule has 8 heteroatoms. The van der Waals surface area contributed by atoms with E-state index in [1.54, 1.807) is 11.3 Å². The molecule has 1 unspecified atom stereocenters. The molecule has 1 N–H and O–H groups in total. The standard InChI is InChI=1S/C17H28N4OS.2ClH/c1-2-16-19-15(13-23-16)12-20-7-9-21(10-8-20)17(22)4-3-14-5-6-18-11-14;;/h13-14,18H,2-12H2,1H3;2*1H. The molecule has 144 valence electrons. The molecular weight excluding hydrogens is 379 g/mol. The summed E-state index contributed by atoms with van der Waals surface area (Å²) in [4.78, 5) is 21.4. The van der Waals surface area contributed by atoms with Crippen LogP contribution in [0.5, 0.6) is 0 Å². The van der Waals surface area contributed by atoms with E-state index in [2.05, 4.69) is 32.4 Å². The van der Waals surface area contributed by atoms with Crippen LogP contribution in [0.15, 0.2) is 5.38 Å². The van der Waals surface area contributed by atoms with Gasteiger partial charge in [0, 0.05) is 44.5 Å². The lowest BCUT2D eigenvalue weighted by atomic mass is 10.0. The number of thiazole rings is 1. The van der Waals surface area contributed by atoms with E-state index in [0.717, 1.165) is 65.1 Å². The molecule has 2 fully saturated rings. The molecule has 1 aromatic rings. The largest absolute Gasteiger partial charge is 0.340 e. The van der Waals surface area contributed by atoms with Gasteiger partial charge in [-0.3, -0.25) is 9.69 Å². The van der Waals surface area contributed by atoms with Gasteiger partial charge in [0.1, 0.15) is 0 Å². The monoisotopic (exact) mass is 408 g/mol. The number of carbonyl (C=O) groups is 1. The molecule has 1 aromatic heterocycles. The molecule has 0 saturated carbocycles. The number of hydrogen-bond acceptors (Lipinski definition) is 5. The normalized spacial score (nSPS) is 20.8. The molecule has 2 aliphatic rings. The summed E-state index contributed by atoms with van der Waals surface area (Å²) in [5.41, 5.74) is 1.18. The first kappa shape index (κ1) is 22.6. The molecule has 3 heterocycles. The SMILES string of the molecule is CCc1nc(CN2CCN(C(=O)CCC3CCNC3)CC2)cs1.Cl.Cl. The van der Waals surface area contributed by atoms with E-state index in [9.17, 15) is 4.79 Å². The van der Waals surface area contributed by atoms with Crippen LogP contribution in [0.1, 0.15) is 36.9 Å². The Kier molecular flexibility index (Phi) is 10.3. The summed E-state index contributed by atoms with van der Waals surface area (Å²) in [5.74, 6) is 1.05. The average molecular weight is 409 g/mol. The van der Waals surface area contributed by atoms with Crippen molar-refractivity contribution in [3.8, 4) is 0 Å². The topological polar surface area (TPSA) is 48.5 Å². The van der Waals surface area contributed by atoms with Crippen molar-refractivity contribution in [2.24, 2.45) is 5.92 Å². The first-order chi connectivity index (χ1) is 11.2. The van der Waals surface area contributed by atoms with Crippen LogP contribution in [-0.2, 0) is 17.8 Å². The third kappa shape index (κ3) is 6.68. The van der Waals surface area contributed by atoms with Crippen molar-refractivity contribution in [3.05, 3.63) is 16.1 Å². The van der Waals surface area contributed by atoms with E-state index in [1.165, 1.54) is 17.1 Å². The lowest BCUT2D eigenvalue weighted by Gasteiger charge is -2.34. The fourth-order valence-electron chi connectivity index (χ4n) is 3.41. The predicted molar refractivity (Wildman–Crippen MR) is 108 cm³/mol. The maximum absolute atomic E-state index is 12.3. The average Bonchev–Trinajstić information content (AvgIpc) is 3.25. The zero-order chi connectivity index (χ0) is 16.1. The molecule has 0 bridgehead atoms. The third-order valence-corrected chi connectivity index (χ3v) is 5.98. The summed E-state index contributed by atoms with van der Waals surface area (Å²) in [5, 5.41) is 6.76. The Morgan fingerprint density at radius 3 is 2.68 bits per heavy atom. The Labute approximate surface area is 167 Å². The van der Waals surface area contributed by atoms with Crippen LogP contribution >= 0.6 is 36.2 Å². The van der Waals surface area contributed by atoms with Crippen molar-refractivity contribution in [2.45, 2.75) is 39.2 Å². The van der Waals surface area contributed by atoms with Gasteiger partial charge in [-0.2, -0.15) is 0 Å². The second-order valence-corrected chi connectivity index (χ2v) is 7.58. The second kappa shape index (κ2) is 11.3. The molecule has 1 atom stereocenters. The first-order valence-corrected chi connectivity index (χ1v) is 9.76. The number of halogens is 2. The van der Waals surface area contributed by atoms with Crippen molar-refractivity contribution < 1.29 is 4.79 Å². The first-order valence-electron chi connectivity index (χ1n) is 8.88. The van der Waals surface area contributed by atoms with Crippen molar-refractivity contribution in [1.82, 2.24) is 20.1 Å². The lowest BCUT2D eigenvalue weighted by Crippen LogP contribution is -2.48. The number of piperazine rings is 1. The number of rotatable bonds is 6. The van der Waals surface area contributed by atoms with Gasteiger partial charge in [-0.05, 0) is 38.3 Å². The number of nitrogens with zero attached hydrogens (tertiary/aromatic N) is 3. The summed E-state index contributed by atoms with van der Waals surface area (Å²) in [6.07, 6.45) is 4.01. The van der Waals surface area contributed by atoms with E-state index in [4.69, 9.17) is 0 Å². The van der Waals surface area contributed by atoms with E-state index in [-0.39, 0.29) is 24.8 Å². The Hall–Kier alpha value is -0.400. The Morgan fingerprint density at radius 2 is 2.08 bits per heavy atom. The highest BCUT2D eigenvalue weighted by Crippen LogP contribution is 2.17. The summed E-state index contributed by atoms with van der Waals surface area (Å²) >= 11 is 1.75. The number of amides is 1. The van der Waals surface area contributed by atoms with Gasteiger partial charge in [0.05, 0.1) is 10.7 Å². The van der Waals surface area contributed by atoms with Gasteiger partial charge >= 0.3 is 0 Å². The molecule has 0 radical (unpaired) electrons. The van der Waals surface area contributed by atoms with Crippen LogP contribution in [0.25, 0.3) is 0 Å². The van der Waals surface area contributed by atoms with Crippen LogP contribution in [0.4, 0.5) is 0 Å². The maximum Gasteiger partial charge on any atom is 0.222 e. The number of aryl methyl sites for hydroxylation is 1. The maximum atomic E-state index is 12.3. The second-order valence-electron chi connectivity index (χ2n) is 6.64. The highest BCUT2D eigenvalue weighted by atomic mass is 35.5. The molecule has 5 nitrogen and oxygen atoms in total. The third-order valence-electron chi connectivity index (χ3n) is 4.94. The van der Waals surface area contributed by atoms with Crippen LogP contribution in [-0.4, -0.2) is 60.0 Å². The van der Waals surface area contributed by atoms with Gasteiger partial charge < -0.3 is 10.2 Å². The Morgan fingerprint density at radius 1 is 1.32 bits per heavy atom. The van der Waals surface area contributed by atoms with Gasteiger partial charge in [0.2, 0.25) is 5.91 Å². The highest BCUT2D eigenvalue weighted by molar-refractivity contribution is 7.09. The Bertz CT molecular complexity index is 515. The highest BCUT2D eigenvalue weighted by Gasteiger charge is 2.23. The number of aromatic nitrogens is 1. The van der Waals surface area contributed by atoms with Gasteiger partial charge in [-0.15, -0.1) is 36.2 Å².